The fourth-order valence-corrected chi connectivity index (χ4v) is 7.89. The zero-order valence-electron chi connectivity index (χ0n) is 42.6. The van der Waals surface area contributed by atoms with E-state index in [1.807, 2.05) is 0 Å². The van der Waals surface area contributed by atoms with E-state index in [0.29, 0.717) is 19.4 Å². The zero-order chi connectivity index (χ0) is 47.8. The molecule has 0 bridgehead atoms. The molecule has 380 valence electrons. The van der Waals surface area contributed by atoms with E-state index >= 15 is 0 Å². The number of hydrogen-bond acceptors (Lipinski definition) is 9. The predicted octanol–water partition coefficient (Wildman–Crippen LogP) is 14.6. The molecule has 10 nitrogen and oxygen atoms in total. The van der Waals surface area contributed by atoms with E-state index in [4.69, 9.17) is 18.9 Å². The minimum Gasteiger partial charge on any atom is -0.462 e. The minimum absolute atomic E-state index is 0.0236. The fraction of sp³-hybridized carbons (Fsp3) is 0.786. The Kier molecular flexibility index (Phi) is 42.9. The molecular formula is C56H98N2O8. The van der Waals surface area contributed by atoms with Gasteiger partial charge >= 0.3 is 24.0 Å². The van der Waals surface area contributed by atoms with Gasteiger partial charge in [-0.25, -0.2) is 4.79 Å². The molecule has 1 aliphatic rings. The molecule has 1 amide bonds. The highest BCUT2D eigenvalue weighted by atomic mass is 16.6. The largest absolute Gasteiger partial charge is 0.462 e. The number of rotatable bonds is 45. The van der Waals surface area contributed by atoms with Crippen LogP contribution in [0, 0.1) is 0 Å². The molecule has 1 heterocycles. The Bertz CT molecular complexity index is 1230. The van der Waals surface area contributed by atoms with Gasteiger partial charge in [0, 0.05) is 32.4 Å². The molecule has 0 aliphatic carbocycles. The summed E-state index contributed by atoms with van der Waals surface area (Å²) in [6.07, 6.45) is 48.6. The van der Waals surface area contributed by atoms with Crippen molar-refractivity contribution in [3.63, 3.8) is 0 Å². The standard InChI is InChI=1S/C56H98N2O8/c1-4-7-10-13-15-17-19-21-23-25-27-29-31-33-36-41-53(59)63-49-52(50-64-54(60)42-37-34-32-30-28-26-24-22-20-18-16-14-11-8-5-2)65-55(61)44-43-51(40-35-12-9-6-3)66-56(62)57-45-48-58-46-38-39-47-58/h15-18,21-24,51-52H,4-14,19-20,25-50H2,1-3H3,(H,57,62)/b17-15+,18-16+,23-21+,24-22+. The van der Waals surface area contributed by atoms with Crippen molar-refractivity contribution in [1.29, 1.82) is 0 Å². The van der Waals surface area contributed by atoms with Crippen LogP contribution in [0.5, 0.6) is 0 Å². The Hall–Kier alpha value is -3.40. The van der Waals surface area contributed by atoms with Crippen molar-refractivity contribution in [2.24, 2.45) is 0 Å². The van der Waals surface area contributed by atoms with E-state index in [0.717, 1.165) is 135 Å². The third kappa shape index (κ3) is 40.8. The Labute approximate surface area is 403 Å². The molecule has 10 heteroatoms. The number of likely N-dealkylation sites (tertiary alicyclic amines) is 1. The summed E-state index contributed by atoms with van der Waals surface area (Å²) in [5.74, 6) is -1.21. The van der Waals surface area contributed by atoms with Crippen molar-refractivity contribution in [2.45, 2.75) is 245 Å². The molecule has 1 atom stereocenters. The average Bonchev–Trinajstić information content (AvgIpc) is 3.84. The Balaban J connectivity index is 2.54. The maximum Gasteiger partial charge on any atom is 0.407 e. The highest BCUT2D eigenvalue weighted by molar-refractivity contribution is 5.71. The number of ether oxygens (including phenoxy) is 4. The molecule has 1 fully saturated rings. The molecule has 66 heavy (non-hydrogen) atoms. The molecule has 1 rings (SSSR count). The van der Waals surface area contributed by atoms with Gasteiger partial charge in [-0.05, 0) is 122 Å². The van der Waals surface area contributed by atoms with Crippen molar-refractivity contribution in [3.8, 4) is 0 Å². The smallest absolute Gasteiger partial charge is 0.407 e. The number of nitrogens with zero attached hydrogens (tertiary/aromatic N) is 1. The lowest BCUT2D eigenvalue weighted by Gasteiger charge is -2.21. The van der Waals surface area contributed by atoms with Crippen LogP contribution in [0.3, 0.4) is 0 Å². The third-order valence-electron chi connectivity index (χ3n) is 12.0. The van der Waals surface area contributed by atoms with E-state index in [9.17, 15) is 19.2 Å². The van der Waals surface area contributed by atoms with Gasteiger partial charge in [-0.2, -0.15) is 0 Å². The van der Waals surface area contributed by atoms with Crippen LogP contribution in [-0.4, -0.2) is 80.5 Å². The number of unbranched alkanes of at least 4 members (excludes halogenated alkanes) is 19. The monoisotopic (exact) mass is 927 g/mol. The average molecular weight is 927 g/mol. The molecule has 1 aliphatic heterocycles. The summed E-state index contributed by atoms with van der Waals surface area (Å²) in [6.45, 7) is 9.69. The summed E-state index contributed by atoms with van der Waals surface area (Å²) in [5, 5.41) is 2.88. The second-order valence-electron chi connectivity index (χ2n) is 18.3. The molecule has 0 aromatic rings. The first-order valence-corrected chi connectivity index (χ1v) is 27.1. The van der Waals surface area contributed by atoms with Crippen LogP contribution in [0.15, 0.2) is 48.6 Å². The number of esters is 3. The lowest BCUT2D eigenvalue weighted by molar-refractivity contribution is -0.167. The fourth-order valence-electron chi connectivity index (χ4n) is 7.89. The third-order valence-corrected chi connectivity index (χ3v) is 12.0. The van der Waals surface area contributed by atoms with Crippen molar-refractivity contribution < 1.29 is 38.1 Å². The van der Waals surface area contributed by atoms with E-state index in [1.165, 1.54) is 64.2 Å². The van der Waals surface area contributed by atoms with Crippen LogP contribution in [0.2, 0.25) is 0 Å². The Morgan fingerprint density at radius 1 is 0.470 bits per heavy atom. The number of alkyl carbamates (subject to hydrolysis) is 1. The number of carbonyl (C=O) groups excluding carboxylic acids is 4. The van der Waals surface area contributed by atoms with Crippen LogP contribution in [0.4, 0.5) is 4.79 Å². The molecular weight excluding hydrogens is 829 g/mol. The van der Waals surface area contributed by atoms with Crippen molar-refractivity contribution in [1.82, 2.24) is 10.2 Å². The first-order chi connectivity index (χ1) is 32.4. The van der Waals surface area contributed by atoms with Gasteiger partial charge in [0.15, 0.2) is 6.10 Å². The normalized spacial score (nSPS) is 13.8. The highest BCUT2D eigenvalue weighted by Gasteiger charge is 2.22. The summed E-state index contributed by atoms with van der Waals surface area (Å²) >= 11 is 0. The quantitative estimate of drug-likeness (QED) is 0.0275. The van der Waals surface area contributed by atoms with Gasteiger partial charge in [-0.15, -0.1) is 0 Å². The second kappa shape index (κ2) is 46.7. The zero-order valence-corrected chi connectivity index (χ0v) is 42.6. The maximum atomic E-state index is 13.2. The first kappa shape index (κ1) is 60.6. The van der Waals surface area contributed by atoms with Crippen LogP contribution in [0.1, 0.15) is 233 Å². The number of hydrogen-bond donors (Lipinski definition) is 1. The first-order valence-electron chi connectivity index (χ1n) is 27.1. The van der Waals surface area contributed by atoms with Crippen LogP contribution < -0.4 is 5.32 Å². The summed E-state index contributed by atoms with van der Waals surface area (Å²) in [7, 11) is 0. The predicted molar refractivity (Wildman–Crippen MR) is 272 cm³/mol. The van der Waals surface area contributed by atoms with E-state index in [2.05, 4.69) is 79.6 Å². The van der Waals surface area contributed by atoms with Gasteiger partial charge in [0.2, 0.25) is 0 Å². The summed E-state index contributed by atoms with van der Waals surface area (Å²) < 4.78 is 22.7. The van der Waals surface area contributed by atoms with Gasteiger partial charge in [-0.3, -0.25) is 14.4 Å². The SMILES string of the molecule is CCCCC/C=C/C/C=C/CCCCCCCC(=O)OCC(COC(=O)CCCCCCC/C=C/C/C=C/CCCCC)OC(=O)CCC(CCCCCC)OC(=O)NCCN1CCCC1. The molecule has 1 unspecified atom stereocenters. The number of nitrogens with one attached hydrogen (secondary N) is 1. The molecule has 0 radical (unpaired) electrons. The van der Waals surface area contributed by atoms with Crippen molar-refractivity contribution >= 4 is 24.0 Å². The highest BCUT2D eigenvalue weighted by Crippen LogP contribution is 2.16. The molecule has 1 N–H and O–H groups in total. The molecule has 1 saturated heterocycles. The van der Waals surface area contributed by atoms with Crippen molar-refractivity contribution in [3.05, 3.63) is 48.6 Å². The van der Waals surface area contributed by atoms with Gasteiger partial charge in [0.1, 0.15) is 19.3 Å². The van der Waals surface area contributed by atoms with Crippen LogP contribution in [0.25, 0.3) is 0 Å². The minimum atomic E-state index is -0.919. The van der Waals surface area contributed by atoms with Gasteiger partial charge in [0.25, 0.3) is 0 Å². The second-order valence-corrected chi connectivity index (χ2v) is 18.3. The number of carbonyl (C=O) groups is 4. The van der Waals surface area contributed by atoms with Gasteiger partial charge in [-0.1, -0.05) is 153 Å². The van der Waals surface area contributed by atoms with E-state index in [1.54, 1.807) is 0 Å². The summed E-state index contributed by atoms with van der Waals surface area (Å²) in [5.41, 5.74) is 0. The number of allylic oxidation sites excluding steroid dienone is 8. The van der Waals surface area contributed by atoms with Crippen LogP contribution in [-0.2, 0) is 33.3 Å². The van der Waals surface area contributed by atoms with E-state index in [-0.39, 0.29) is 44.4 Å². The molecule has 0 aromatic heterocycles. The summed E-state index contributed by atoms with van der Waals surface area (Å²) in [4.78, 5) is 53.7. The topological polar surface area (TPSA) is 120 Å². The molecule has 0 aromatic carbocycles. The lowest BCUT2D eigenvalue weighted by atomic mass is 10.1. The number of amides is 1. The Morgan fingerprint density at radius 3 is 1.41 bits per heavy atom. The van der Waals surface area contributed by atoms with Gasteiger partial charge in [0.05, 0.1) is 0 Å². The van der Waals surface area contributed by atoms with Crippen LogP contribution >= 0.6 is 0 Å². The Morgan fingerprint density at radius 2 is 0.909 bits per heavy atom. The summed E-state index contributed by atoms with van der Waals surface area (Å²) in [6, 6.07) is 0. The van der Waals surface area contributed by atoms with E-state index < -0.39 is 24.3 Å². The van der Waals surface area contributed by atoms with Gasteiger partial charge < -0.3 is 29.2 Å². The maximum absolute atomic E-state index is 13.2. The molecule has 0 spiro atoms. The lowest BCUT2D eigenvalue weighted by Crippen LogP contribution is -2.36. The molecule has 0 saturated carbocycles. The van der Waals surface area contributed by atoms with Crippen molar-refractivity contribution in [2.75, 3.05) is 39.4 Å².